The summed E-state index contributed by atoms with van der Waals surface area (Å²) in [4.78, 5) is 8.08. The number of pyridine rings is 1. The molecule has 20 heavy (non-hydrogen) atoms. The quantitative estimate of drug-likeness (QED) is 0.556. The third-order valence-electron chi connectivity index (χ3n) is 3.71. The fourth-order valence-corrected chi connectivity index (χ4v) is 2.56. The van der Waals surface area contributed by atoms with Gasteiger partial charge in [0.25, 0.3) is 0 Å². The number of hydrogen-bond donors (Lipinski definition) is 4. The number of nitrogens with zero attached hydrogens (tertiary/aromatic N) is 3. The third kappa shape index (κ3) is 1.70. The summed E-state index contributed by atoms with van der Waals surface area (Å²) in [5.41, 5.74) is 5.31. The van der Waals surface area contributed by atoms with Gasteiger partial charge in [-0.25, -0.2) is 9.97 Å². The fourth-order valence-electron chi connectivity index (χ4n) is 2.56. The van der Waals surface area contributed by atoms with E-state index in [2.05, 4.69) is 9.97 Å². The number of aliphatic hydroxyl groups excluding tert-OH is 2. The molecular formula is C12H16N4O4. The van der Waals surface area contributed by atoms with E-state index in [1.54, 1.807) is 10.6 Å². The van der Waals surface area contributed by atoms with Crippen molar-refractivity contribution in [2.75, 3.05) is 12.3 Å². The molecule has 0 bridgehead atoms. The molecule has 1 aliphatic heterocycles. The molecule has 3 unspecified atom stereocenters. The standard InChI is InChI=1S/C12H16N4O4/c1-12(19)9(18)7(4-17)20-11(12)16-5-15-8-6(16)2-3-14-10(8)13/h2-3,5,7,9,11,17-19H,4H2,1H3,(H2,13,14)/t7?,9?,11?,12-/m1/s1. The predicted molar refractivity (Wildman–Crippen MR) is 69.6 cm³/mol. The number of aliphatic hydroxyl groups is 3. The molecule has 8 nitrogen and oxygen atoms in total. The van der Waals surface area contributed by atoms with E-state index >= 15 is 0 Å². The molecule has 1 aliphatic rings. The molecule has 3 heterocycles. The van der Waals surface area contributed by atoms with Crippen LogP contribution < -0.4 is 5.73 Å². The van der Waals surface area contributed by atoms with E-state index in [1.165, 1.54) is 19.4 Å². The highest BCUT2D eigenvalue weighted by Crippen LogP contribution is 2.39. The highest BCUT2D eigenvalue weighted by atomic mass is 16.6. The Kier molecular flexibility index (Phi) is 2.91. The summed E-state index contributed by atoms with van der Waals surface area (Å²) in [7, 11) is 0. The molecule has 2 aromatic rings. The second-order valence-corrected chi connectivity index (χ2v) is 5.10. The van der Waals surface area contributed by atoms with Crippen LogP contribution in [0.25, 0.3) is 11.0 Å². The number of anilines is 1. The van der Waals surface area contributed by atoms with Gasteiger partial charge < -0.3 is 30.4 Å². The Balaban J connectivity index is 2.10. The molecule has 0 spiro atoms. The molecule has 0 aromatic carbocycles. The zero-order valence-corrected chi connectivity index (χ0v) is 10.8. The van der Waals surface area contributed by atoms with Crippen LogP contribution in [0.1, 0.15) is 13.2 Å². The van der Waals surface area contributed by atoms with Crippen molar-refractivity contribution in [1.29, 1.82) is 0 Å². The van der Waals surface area contributed by atoms with Crippen LogP contribution in [0.15, 0.2) is 18.6 Å². The predicted octanol–water partition coefficient (Wildman–Crippen LogP) is -0.985. The fraction of sp³-hybridized carbons (Fsp3) is 0.500. The van der Waals surface area contributed by atoms with Gasteiger partial charge >= 0.3 is 0 Å². The molecular weight excluding hydrogens is 264 g/mol. The lowest BCUT2D eigenvalue weighted by atomic mass is 9.96. The molecule has 1 saturated heterocycles. The van der Waals surface area contributed by atoms with Gasteiger partial charge in [-0.2, -0.15) is 0 Å². The minimum Gasteiger partial charge on any atom is -0.394 e. The van der Waals surface area contributed by atoms with Crippen molar-refractivity contribution in [3.63, 3.8) is 0 Å². The molecule has 3 rings (SSSR count). The molecule has 4 atom stereocenters. The molecule has 0 aliphatic carbocycles. The van der Waals surface area contributed by atoms with Gasteiger partial charge in [-0.15, -0.1) is 0 Å². The van der Waals surface area contributed by atoms with Crippen LogP contribution in [-0.2, 0) is 4.74 Å². The largest absolute Gasteiger partial charge is 0.394 e. The molecule has 1 fully saturated rings. The van der Waals surface area contributed by atoms with Crippen molar-refractivity contribution in [1.82, 2.24) is 14.5 Å². The van der Waals surface area contributed by atoms with E-state index in [0.29, 0.717) is 11.0 Å². The Morgan fingerprint density at radius 3 is 2.90 bits per heavy atom. The second kappa shape index (κ2) is 4.38. The topological polar surface area (TPSA) is 127 Å². The van der Waals surface area contributed by atoms with Gasteiger partial charge in [0.05, 0.1) is 18.5 Å². The monoisotopic (exact) mass is 280 g/mol. The zero-order valence-electron chi connectivity index (χ0n) is 10.8. The van der Waals surface area contributed by atoms with Crippen LogP contribution in [0, 0.1) is 0 Å². The summed E-state index contributed by atoms with van der Waals surface area (Å²) in [6, 6.07) is 1.69. The summed E-state index contributed by atoms with van der Waals surface area (Å²) in [6.07, 6.45) is 0.0653. The van der Waals surface area contributed by atoms with Gasteiger partial charge in [-0.05, 0) is 13.0 Å². The van der Waals surface area contributed by atoms with Crippen LogP contribution in [0.3, 0.4) is 0 Å². The minimum absolute atomic E-state index is 0.276. The van der Waals surface area contributed by atoms with Crippen molar-refractivity contribution in [3.8, 4) is 0 Å². The Hall–Kier alpha value is -1.74. The minimum atomic E-state index is -1.56. The summed E-state index contributed by atoms with van der Waals surface area (Å²) in [5.74, 6) is 0.276. The summed E-state index contributed by atoms with van der Waals surface area (Å²) < 4.78 is 7.12. The lowest BCUT2D eigenvalue weighted by Crippen LogP contribution is -2.44. The highest BCUT2D eigenvalue weighted by molar-refractivity contribution is 5.84. The first-order valence-corrected chi connectivity index (χ1v) is 6.20. The van der Waals surface area contributed by atoms with Crippen molar-refractivity contribution in [2.24, 2.45) is 0 Å². The van der Waals surface area contributed by atoms with Crippen LogP contribution >= 0.6 is 0 Å². The number of nitrogens with two attached hydrogens (primary N) is 1. The average molecular weight is 280 g/mol. The molecule has 0 amide bonds. The molecule has 0 radical (unpaired) electrons. The number of fused-ring (bicyclic) bond motifs is 1. The van der Waals surface area contributed by atoms with Crippen LogP contribution in [0.2, 0.25) is 0 Å². The van der Waals surface area contributed by atoms with Crippen molar-refractivity contribution in [3.05, 3.63) is 18.6 Å². The van der Waals surface area contributed by atoms with Crippen LogP contribution in [0.5, 0.6) is 0 Å². The van der Waals surface area contributed by atoms with Crippen molar-refractivity contribution in [2.45, 2.75) is 31.0 Å². The number of rotatable bonds is 2. The van der Waals surface area contributed by atoms with Crippen LogP contribution in [-0.4, -0.2) is 54.3 Å². The first-order chi connectivity index (χ1) is 9.46. The number of imidazole rings is 1. The van der Waals surface area contributed by atoms with E-state index in [4.69, 9.17) is 10.5 Å². The molecule has 8 heteroatoms. The lowest BCUT2D eigenvalue weighted by molar-refractivity contribution is -0.0948. The SMILES string of the molecule is C[C@@]1(O)C(O)C(CO)OC1n1cnc2c(N)nccc21. The average Bonchev–Trinajstić information content (AvgIpc) is 2.92. The van der Waals surface area contributed by atoms with Crippen molar-refractivity contribution >= 4 is 16.9 Å². The molecule has 5 N–H and O–H groups in total. The Morgan fingerprint density at radius 2 is 2.25 bits per heavy atom. The van der Waals surface area contributed by atoms with Gasteiger partial charge in [0.15, 0.2) is 12.0 Å². The Bertz CT molecular complexity index is 641. The van der Waals surface area contributed by atoms with Gasteiger partial charge in [-0.1, -0.05) is 0 Å². The van der Waals surface area contributed by atoms with Gasteiger partial charge in [0.2, 0.25) is 0 Å². The van der Waals surface area contributed by atoms with E-state index in [9.17, 15) is 15.3 Å². The van der Waals surface area contributed by atoms with E-state index in [-0.39, 0.29) is 12.4 Å². The van der Waals surface area contributed by atoms with E-state index < -0.39 is 24.0 Å². The van der Waals surface area contributed by atoms with Crippen molar-refractivity contribution < 1.29 is 20.1 Å². The first kappa shape index (κ1) is 13.3. The normalized spacial score (nSPS) is 33.9. The maximum Gasteiger partial charge on any atom is 0.167 e. The van der Waals surface area contributed by atoms with Crippen LogP contribution in [0.4, 0.5) is 5.82 Å². The Labute approximate surface area is 114 Å². The summed E-state index contributed by atoms with van der Waals surface area (Å²) >= 11 is 0. The maximum absolute atomic E-state index is 10.4. The first-order valence-electron chi connectivity index (χ1n) is 6.20. The number of ether oxygens (including phenoxy) is 1. The molecule has 2 aromatic heterocycles. The molecule has 108 valence electrons. The zero-order chi connectivity index (χ0) is 14.5. The summed E-state index contributed by atoms with van der Waals surface area (Å²) in [6.45, 7) is 1.07. The summed E-state index contributed by atoms with van der Waals surface area (Å²) in [5, 5.41) is 29.6. The third-order valence-corrected chi connectivity index (χ3v) is 3.71. The highest BCUT2D eigenvalue weighted by Gasteiger charge is 2.53. The van der Waals surface area contributed by atoms with Gasteiger partial charge in [-0.3, -0.25) is 0 Å². The van der Waals surface area contributed by atoms with E-state index in [0.717, 1.165) is 0 Å². The Morgan fingerprint density at radius 1 is 1.50 bits per heavy atom. The number of nitrogen functional groups attached to an aromatic ring is 1. The number of hydrogen-bond acceptors (Lipinski definition) is 7. The molecule has 0 saturated carbocycles. The van der Waals surface area contributed by atoms with Gasteiger partial charge in [0.1, 0.15) is 23.3 Å². The smallest absolute Gasteiger partial charge is 0.167 e. The lowest BCUT2D eigenvalue weighted by Gasteiger charge is -2.27. The second-order valence-electron chi connectivity index (χ2n) is 5.10. The maximum atomic E-state index is 10.4. The number of aromatic nitrogens is 3. The van der Waals surface area contributed by atoms with Gasteiger partial charge in [0, 0.05) is 6.20 Å². The van der Waals surface area contributed by atoms with E-state index in [1.807, 2.05) is 0 Å².